The average molecular weight is 338 g/mol. The van der Waals surface area contributed by atoms with Crippen LogP contribution in [0.3, 0.4) is 0 Å². The molecular weight excluding hydrogens is 320 g/mol. The lowest BCUT2D eigenvalue weighted by Crippen LogP contribution is -2.14. The molecule has 2 aromatic carbocycles. The number of hydrogen-bond acceptors (Lipinski definition) is 4. The second-order valence-electron chi connectivity index (χ2n) is 5.47. The maximum Gasteiger partial charge on any atom is 0.234 e. The molecule has 0 unspecified atom stereocenters. The average Bonchev–Trinajstić information content (AvgIpc) is 3.04. The van der Waals surface area contributed by atoms with Crippen molar-refractivity contribution in [3.05, 3.63) is 66.0 Å². The quantitative estimate of drug-likeness (QED) is 0.722. The van der Waals surface area contributed by atoms with Crippen LogP contribution in [-0.4, -0.2) is 26.4 Å². The third-order valence-electron chi connectivity index (χ3n) is 3.56. The fraction of sp³-hybridized carbons (Fsp3) is 0.167. The van der Waals surface area contributed by atoms with Crippen LogP contribution < -0.4 is 5.32 Å². The molecule has 0 atom stereocenters. The second-order valence-corrected chi connectivity index (χ2v) is 6.42. The van der Waals surface area contributed by atoms with Crippen LogP contribution in [0.2, 0.25) is 0 Å². The van der Waals surface area contributed by atoms with Crippen molar-refractivity contribution in [2.24, 2.45) is 0 Å². The SMILES string of the molecule is Cc1ccc(NC(=O)CSc2nncn2-c2ccccc2C)cc1. The molecule has 1 amide bonds. The van der Waals surface area contributed by atoms with Gasteiger partial charge in [0.1, 0.15) is 6.33 Å². The topological polar surface area (TPSA) is 59.8 Å². The lowest BCUT2D eigenvalue weighted by atomic mass is 10.2. The summed E-state index contributed by atoms with van der Waals surface area (Å²) in [6.07, 6.45) is 1.67. The van der Waals surface area contributed by atoms with Gasteiger partial charge in [-0.05, 0) is 37.6 Å². The molecule has 3 aromatic rings. The molecule has 6 heteroatoms. The van der Waals surface area contributed by atoms with Gasteiger partial charge in [-0.2, -0.15) is 0 Å². The Labute approximate surface area is 145 Å². The molecule has 0 saturated heterocycles. The van der Waals surface area contributed by atoms with Crippen molar-refractivity contribution < 1.29 is 4.79 Å². The highest BCUT2D eigenvalue weighted by molar-refractivity contribution is 7.99. The Hall–Kier alpha value is -2.60. The number of nitrogens with one attached hydrogen (secondary N) is 1. The van der Waals surface area contributed by atoms with Crippen molar-refractivity contribution in [2.45, 2.75) is 19.0 Å². The number of nitrogens with zero attached hydrogens (tertiary/aromatic N) is 3. The van der Waals surface area contributed by atoms with Crippen LogP contribution in [0.15, 0.2) is 60.0 Å². The van der Waals surface area contributed by atoms with Crippen molar-refractivity contribution in [2.75, 3.05) is 11.1 Å². The maximum absolute atomic E-state index is 12.1. The number of carbonyl (C=O) groups excluding carboxylic acids is 1. The monoisotopic (exact) mass is 338 g/mol. The fourth-order valence-electron chi connectivity index (χ4n) is 2.29. The van der Waals surface area contributed by atoms with E-state index in [9.17, 15) is 4.79 Å². The summed E-state index contributed by atoms with van der Waals surface area (Å²) in [4.78, 5) is 12.1. The number of anilines is 1. The smallest absolute Gasteiger partial charge is 0.234 e. The zero-order chi connectivity index (χ0) is 16.9. The van der Waals surface area contributed by atoms with E-state index in [2.05, 4.69) is 15.5 Å². The standard InChI is InChI=1S/C18H18N4OS/c1-13-7-9-15(10-8-13)20-17(23)11-24-18-21-19-12-22(18)16-6-4-3-5-14(16)2/h3-10,12H,11H2,1-2H3,(H,20,23). The highest BCUT2D eigenvalue weighted by Gasteiger charge is 2.11. The molecule has 0 bridgehead atoms. The van der Waals surface area contributed by atoms with Crippen LogP contribution >= 0.6 is 11.8 Å². The minimum absolute atomic E-state index is 0.0665. The highest BCUT2D eigenvalue weighted by Crippen LogP contribution is 2.22. The molecule has 0 spiro atoms. The molecule has 0 aliphatic rings. The molecule has 1 aromatic heterocycles. The summed E-state index contributed by atoms with van der Waals surface area (Å²) < 4.78 is 1.90. The number of aromatic nitrogens is 3. The van der Waals surface area contributed by atoms with Crippen LogP contribution in [-0.2, 0) is 4.79 Å². The Balaban J connectivity index is 1.65. The van der Waals surface area contributed by atoms with E-state index in [1.54, 1.807) is 6.33 Å². The first-order valence-corrected chi connectivity index (χ1v) is 8.57. The van der Waals surface area contributed by atoms with Gasteiger partial charge < -0.3 is 5.32 Å². The lowest BCUT2D eigenvalue weighted by Gasteiger charge is -2.09. The first-order valence-electron chi connectivity index (χ1n) is 7.59. The Morgan fingerprint density at radius 2 is 1.88 bits per heavy atom. The number of rotatable bonds is 5. The number of hydrogen-bond donors (Lipinski definition) is 1. The van der Waals surface area contributed by atoms with E-state index in [0.29, 0.717) is 5.16 Å². The molecule has 5 nitrogen and oxygen atoms in total. The first-order chi connectivity index (χ1) is 11.6. The zero-order valence-electron chi connectivity index (χ0n) is 13.6. The number of benzene rings is 2. The van der Waals surface area contributed by atoms with E-state index in [-0.39, 0.29) is 11.7 Å². The Morgan fingerprint density at radius 3 is 2.62 bits per heavy atom. The largest absolute Gasteiger partial charge is 0.325 e. The number of aryl methyl sites for hydroxylation is 2. The minimum Gasteiger partial charge on any atom is -0.325 e. The van der Waals surface area contributed by atoms with Gasteiger partial charge in [0.25, 0.3) is 0 Å². The lowest BCUT2D eigenvalue weighted by molar-refractivity contribution is -0.113. The van der Waals surface area contributed by atoms with Gasteiger partial charge in [-0.1, -0.05) is 47.7 Å². The van der Waals surface area contributed by atoms with Gasteiger partial charge >= 0.3 is 0 Å². The second kappa shape index (κ2) is 7.31. The van der Waals surface area contributed by atoms with Gasteiger partial charge in [-0.25, -0.2) is 0 Å². The van der Waals surface area contributed by atoms with Crippen molar-refractivity contribution in [3.8, 4) is 5.69 Å². The summed E-state index contributed by atoms with van der Waals surface area (Å²) >= 11 is 1.37. The van der Waals surface area contributed by atoms with Gasteiger partial charge in [-0.3, -0.25) is 9.36 Å². The van der Waals surface area contributed by atoms with E-state index < -0.39 is 0 Å². The summed E-state index contributed by atoms with van der Waals surface area (Å²) in [7, 11) is 0. The summed E-state index contributed by atoms with van der Waals surface area (Å²) in [5.41, 5.74) is 4.10. The number of amides is 1. The summed E-state index contributed by atoms with van der Waals surface area (Å²) in [6.45, 7) is 4.05. The zero-order valence-corrected chi connectivity index (χ0v) is 14.4. The highest BCUT2D eigenvalue weighted by atomic mass is 32.2. The minimum atomic E-state index is -0.0665. The molecule has 1 N–H and O–H groups in total. The molecular formula is C18H18N4OS. The van der Waals surface area contributed by atoms with Crippen molar-refractivity contribution in [1.82, 2.24) is 14.8 Å². The summed E-state index contributed by atoms with van der Waals surface area (Å²) in [5.74, 6) is 0.210. The van der Waals surface area contributed by atoms with Crippen LogP contribution in [0.4, 0.5) is 5.69 Å². The number of carbonyl (C=O) groups is 1. The molecule has 0 saturated carbocycles. The van der Waals surface area contributed by atoms with E-state index in [0.717, 1.165) is 22.5 Å². The maximum atomic E-state index is 12.1. The van der Waals surface area contributed by atoms with E-state index in [1.807, 2.05) is 66.9 Å². The molecule has 122 valence electrons. The summed E-state index contributed by atoms with van der Waals surface area (Å²) in [5, 5.41) is 11.7. The van der Waals surface area contributed by atoms with Gasteiger partial charge in [-0.15, -0.1) is 10.2 Å². The predicted molar refractivity (Wildman–Crippen MR) is 96.6 cm³/mol. The fourth-order valence-corrected chi connectivity index (χ4v) is 3.01. The van der Waals surface area contributed by atoms with Crippen LogP contribution in [0.1, 0.15) is 11.1 Å². The van der Waals surface area contributed by atoms with E-state index >= 15 is 0 Å². The van der Waals surface area contributed by atoms with E-state index in [1.165, 1.54) is 11.8 Å². The third kappa shape index (κ3) is 3.83. The summed E-state index contributed by atoms with van der Waals surface area (Å²) in [6, 6.07) is 15.7. The van der Waals surface area contributed by atoms with Gasteiger partial charge in [0.2, 0.25) is 5.91 Å². The Morgan fingerprint density at radius 1 is 1.12 bits per heavy atom. The first kappa shape index (κ1) is 16.3. The van der Waals surface area contributed by atoms with Crippen molar-refractivity contribution in [1.29, 1.82) is 0 Å². The van der Waals surface area contributed by atoms with Gasteiger partial charge in [0, 0.05) is 5.69 Å². The molecule has 1 heterocycles. The van der Waals surface area contributed by atoms with Crippen LogP contribution in [0.25, 0.3) is 5.69 Å². The molecule has 3 rings (SSSR count). The number of para-hydroxylation sites is 1. The third-order valence-corrected chi connectivity index (χ3v) is 4.50. The van der Waals surface area contributed by atoms with Crippen LogP contribution in [0, 0.1) is 13.8 Å². The Kier molecular flexibility index (Phi) is 4.96. The van der Waals surface area contributed by atoms with Gasteiger partial charge in [0.15, 0.2) is 5.16 Å². The molecule has 24 heavy (non-hydrogen) atoms. The number of thioether (sulfide) groups is 1. The normalized spacial score (nSPS) is 10.6. The Bertz CT molecular complexity index is 842. The molecule has 0 aliphatic carbocycles. The van der Waals surface area contributed by atoms with Crippen LogP contribution in [0.5, 0.6) is 0 Å². The van der Waals surface area contributed by atoms with E-state index in [4.69, 9.17) is 0 Å². The van der Waals surface area contributed by atoms with Crippen molar-refractivity contribution >= 4 is 23.4 Å². The molecule has 0 fully saturated rings. The van der Waals surface area contributed by atoms with Gasteiger partial charge in [0.05, 0.1) is 11.4 Å². The predicted octanol–water partition coefficient (Wildman–Crippen LogP) is 3.61. The molecule has 0 aliphatic heterocycles. The molecule has 0 radical (unpaired) electrons. The van der Waals surface area contributed by atoms with Crippen molar-refractivity contribution in [3.63, 3.8) is 0 Å².